The van der Waals surface area contributed by atoms with E-state index in [1.54, 1.807) is 20.4 Å². The van der Waals surface area contributed by atoms with Crippen molar-refractivity contribution in [3.8, 4) is 11.5 Å². The molecule has 0 atom stereocenters. The predicted octanol–water partition coefficient (Wildman–Crippen LogP) is 4.52. The Morgan fingerprint density at radius 1 is 1.24 bits per heavy atom. The first-order valence-electron chi connectivity index (χ1n) is 9.26. The van der Waals surface area contributed by atoms with E-state index in [4.69, 9.17) is 9.47 Å². The maximum absolute atomic E-state index is 5.16. The zero-order valence-electron chi connectivity index (χ0n) is 18.0. The highest BCUT2D eigenvalue weighted by atomic mass is 16.5. The molecule has 1 aliphatic rings. The average molecular weight is 398 g/mol. The van der Waals surface area contributed by atoms with E-state index in [1.807, 2.05) is 55.3 Å². The molecule has 0 aromatic heterocycles. The second-order valence-electron chi connectivity index (χ2n) is 5.81. The Morgan fingerprint density at radius 3 is 2.45 bits per heavy atom. The normalized spacial score (nSPS) is 13.7. The maximum atomic E-state index is 5.16. The molecule has 0 saturated heterocycles. The van der Waals surface area contributed by atoms with Crippen molar-refractivity contribution >= 4 is 25.3 Å². The molecule has 0 amide bonds. The van der Waals surface area contributed by atoms with E-state index in [-0.39, 0.29) is 0 Å². The average Bonchev–Trinajstić information content (AvgIpc) is 2.78. The van der Waals surface area contributed by atoms with Gasteiger partial charge < -0.3 is 19.7 Å². The number of methoxy groups -OCH3 is 2. The van der Waals surface area contributed by atoms with Gasteiger partial charge in [-0.1, -0.05) is 6.08 Å². The lowest BCUT2D eigenvalue weighted by molar-refractivity contribution is 0.355. The second kappa shape index (κ2) is 12.9. The molecule has 29 heavy (non-hydrogen) atoms. The molecule has 0 radical (unpaired) electrons. The summed E-state index contributed by atoms with van der Waals surface area (Å²) in [6.07, 6.45) is 7.46. The molecule has 0 unspecified atom stereocenters. The predicted molar refractivity (Wildman–Crippen MR) is 124 cm³/mol. The summed E-state index contributed by atoms with van der Waals surface area (Å²) in [5.41, 5.74) is 3.52. The van der Waals surface area contributed by atoms with E-state index in [0.29, 0.717) is 6.67 Å². The SMILES string of the molecule is C=NC(=C\C)/C(=C(\C)N=C)N1C=CC=NC1.CCNc1ccc(OC)c(OC)c1. The largest absolute Gasteiger partial charge is 0.493 e. The van der Waals surface area contributed by atoms with Crippen LogP contribution in [-0.4, -0.2) is 52.0 Å². The van der Waals surface area contributed by atoms with Crippen molar-refractivity contribution in [3.05, 3.63) is 53.6 Å². The first-order valence-corrected chi connectivity index (χ1v) is 9.26. The van der Waals surface area contributed by atoms with Crippen molar-refractivity contribution in [1.82, 2.24) is 4.90 Å². The zero-order valence-corrected chi connectivity index (χ0v) is 18.0. The van der Waals surface area contributed by atoms with Crippen molar-refractivity contribution in [1.29, 1.82) is 0 Å². The lowest BCUT2D eigenvalue weighted by Gasteiger charge is -2.24. The lowest BCUT2D eigenvalue weighted by atomic mass is 10.2. The fourth-order valence-corrected chi connectivity index (χ4v) is 2.60. The molecule has 7 nitrogen and oxygen atoms in total. The molecule has 156 valence electrons. The topological polar surface area (TPSA) is 70.8 Å². The molecule has 0 aliphatic carbocycles. The van der Waals surface area contributed by atoms with Crippen LogP contribution in [0.4, 0.5) is 5.69 Å². The number of nitrogens with one attached hydrogen (secondary N) is 1. The first kappa shape index (κ1) is 23.7. The van der Waals surface area contributed by atoms with Crippen molar-refractivity contribution in [2.24, 2.45) is 15.0 Å². The molecule has 0 fully saturated rings. The molecule has 0 saturated carbocycles. The van der Waals surface area contributed by atoms with E-state index in [1.165, 1.54) is 0 Å². The summed E-state index contributed by atoms with van der Waals surface area (Å²) in [5.74, 6) is 1.50. The number of rotatable bonds is 8. The van der Waals surface area contributed by atoms with Crippen molar-refractivity contribution in [2.75, 3.05) is 32.7 Å². The number of nitrogens with zero attached hydrogens (tertiary/aromatic N) is 4. The summed E-state index contributed by atoms with van der Waals surface area (Å²) in [6, 6.07) is 5.77. The summed E-state index contributed by atoms with van der Waals surface area (Å²) in [5, 5.41) is 3.20. The minimum Gasteiger partial charge on any atom is -0.493 e. The highest BCUT2D eigenvalue weighted by Gasteiger charge is 2.14. The third-order valence-electron chi connectivity index (χ3n) is 4.01. The van der Waals surface area contributed by atoms with Crippen LogP contribution in [0.25, 0.3) is 0 Å². The Kier molecular flexibility index (Phi) is 10.6. The summed E-state index contributed by atoms with van der Waals surface area (Å²) < 4.78 is 10.3. The molecule has 0 bridgehead atoms. The van der Waals surface area contributed by atoms with Crippen molar-refractivity contribution in [2.45, 2.75) is 20.8 Å². The number of hydrogen-bond donors (Lipinski definition) is 1. The van der Waals surface area contributed by atoms with E-state index >= 15 is 0 Å². The Hall–Kier alpha value is -3.35. The highest BCUT2D eigenvalue weighted by Crippen LogP contribution is 2.29. The van der Waals surface area contributed by atoms with Gasteiger partial charge in [0, 0.05) is 30.7 Å². The summed E-state index contributed by atoms with van der Waals surface area (Å²) in [7, 11) is 3.26. The third kappa shape index (κ3) is 6.95. The van der Waals surface area contributed by atoms with Gasteiger partial charge in [0.05, 0.1) is 31.3 Å². The quantitative estimate of drug-likeness (QED) is 0.517. The zero-order chi connectivity index (χ0) is 21.6. The van der Waals surface area contributed by atoms with Gasteiger partial charge in [-0.25, -0.2) is 0 Å². The molecule has 1 heterocycles. The van der Waals surface area contributed by atoms with E-state index < -0.39 is 0 Å². The van der Waals surface area contributed by atoms with Gasteiger partial charge in [-0.2, -0.15) is 0 Å². The number of benzene rings is 1. The van der Waals surface area contributed by atoms with Crippen molar-refractivity contribution < 1.29 is 9.47 Å². The Labute approximate surface area is 173 Å². The van der Waals surface area contributed by atoms with Crippen molar-refractivity contribution in [3.63, 3.8) is 0 Å². The number of aliphatic imine (C=N–C) groups is 3. The third-order valence-corrected chi connectivity index (χ3v) is 4.01. The van der Waals surface area contributed by atoms with E-state index in [2.05, 4.69) is 40.7 Å². The van der Waals surface area contributed by atoms with Gasteiger partial charge in [0.15, 0.2) is 11.5 Å². The molecule has 0 spiro atoms. The fraction of sp³-hybridized carbons (Fsp3) is 0.318. The molecule has 1 aromatic rings. The minimum atomic E-state index is 0.561. The van der Waals surface area contributed by atoms with Gasteiger partial charge in [-0.15, -0.1) is 0 Å². The number of anilines is 1. The van der Waals surface area contributed by atoms with Crippen LogP contribution in [0.15, 0.2) is 68.6 Å². The number of ether oxygens (including phenoxy) is 2. The van der Waals surface area contributed by atoms with Crippen LogP contribution >= 0.6 is 0 Å². The minimum absolute atomic E-state index is 0.561. The van der Waals surface area contributed by atoms with Gasteiger partial charge in [0.25, 0.3) is 0 Å². The second-order valence-corrected chi connectivity index (χ2v) is 5.81. The maximum Gasteiger partial charge on any atom is 0.162 e. The molecular weight excluding hydrogens is 366 g/mol. The molecule has 1 N–H and O–H groups in total. The van der Waals surface area contributed by atoms with Crippen LogP contribution in [-0.2, 0) is 0 Å². The molecule has 2 rings (SSSR count). The van der Waals surface area contributed by atoms with Crippen LogP contribution in [0.2, 0.25) is 0 Å². The van der Waals surface area contributed by atoms with Crippen LogP contribution in [0.3, 0.4) is 0 Å². The van der Waals surface area contributed by atoms with Gasteiger partial charge in [0.1, 0.15) is 6.67 Å². The summed E-state index contributed by atoms with van der Waals surface area (Å²) in [4.78, 5) is 14.1. The van der Waals surface area contributed by atoms with Crippen LogP contribution in [0.1, 0.15) is 20.8 Å². The lowest BCUT2D eigenvalue weighted by Crippen LogP contribution is -2.21. The fourth-order valence-electron chi connectivity index (χ4n) is 2.60. The smallest absolute Gasteiger partial charge is 0.162 e. The molecule has 7 heteroatoms. The van der Waals surface area contributed by atoms with Crippen LogP contribution in [0, 0.1) is 0 Å². The van der Waals surface area contributed by atoms with E-state index in [9.17, 15) is 0 Å². The molecule has 1 aromatic carbocycles. The highest BCUT2D eigenvalue weighted by molar-refractivity contribution is 5.71. The monoisotopic (exact) mass is 397 g/mol. The first-order chi connectivity index (χ1) is 14.1. The standard InChI is InChI=1S/C12H16N4.C10H15NO2/c1-5-11(14-4)12(10(2)13-3)16-8-6-7-15-9-16;1-4-11-8-5-6-9(12-2)10(7-8)13-3/h5-8H,3-4,9H2,1-2H3;5-7,11H,4H2,1-3H3/b11-5-,12-10-;. The van der Waals surface area contributed by atoms with Crippen LogP contribution in [0.5, 0.6) is 11.5 Å². The van der Waals surface area contributed by atoms with E-state index in [0.717, 1.165) is 40.8 Å². The Morgan fingerprint density at radius 2 is 1.97 bits per heavy atom. The molecular formula is C22H31N5O2. The Bertz CT molecular complexity index is 809. The van der Waals surface area contributed by atoms with Gasteiger partial charge in [-0.05, 0) is 52.4 Å². The summed E-state index contributed by atoms with van der Waals surface area (Å²) in [6.45, 7) is 14.4. The Balaban J connectivity index is 0.000000296. The number of allylic oxidation sites excluding steroid dienone is 3. The summed E-state index contributed by atoms with van der Waals surface area (Å²) >= 11 is 0. The van der Waals surface area contributed by atoms with Gasteiger partial charge >= 0.3 is 0 Å². The number of hydrogen-bond acceptors (Lipinski definition) is 7. The van der Waals surface area contributed by atoms with Crippen LogP contribution < -0.4 is 14.8 Å². The molecule has 1 aliphatic heterocycles. The van der Waals surface area contributed by atoms with Gasteiger partial charge in [0.2, 0.25) is 0 Å². The van der Waals surface area contributed by atoms with Gasteiger partial charge in [-0.3, -0.25) is 15.0 Å².